The van der Waals surface area contributed by atoms with Crippen LogP contribution in [0, 0.1) is 52.8 Å². The van der Waals surface area contributed by atoms with Crippen LogP contribution in [0.4, 0.5) is 0 Å². The summed E-state index contributed by atoms with van der Waals surface area (Å²) in [7, 11) is 8.71. The van der Waals surface area contributed by atoms with Crippen LogP contribution >= 0.6 is 0 Å². The molecule has 0 bridgehead atoms. The molecule has 2 rings (SSSR count). The van der Waals surface area contributed by atoms with Gasteiger partial charge in [0, 0.05) is 72.4 Å². The van der Waals surface area contributed by atoms with Crippen molar-refractivity contribution in [1.82, 2.24) is 45.1 Å². The standard InChI is InChI=1S/C64H113N9O13/c1-25-27-28-40(13)53-52-56(78)66-45(26-2)60(82)67(19)43(16)58(80)72(24)54(64(17,18)34-74)50(76)33-44(38(9)10)59(81)68(20)46(29-35(3)4)49(75)32-41(14)55(77)65-42(15)57(79)69(21)47(30-36(5)6)61(83)70(22)48(31-37(7)8)62(84)71(23)51(39(11)12)63(85)73(52)86-53/h35-48,51-54,74H,25-34H2,1-24H3,(H,65,77)(H,66,78)/t40-,41-,42-,43-,44+,45+,46+,47+,48+,51+,52+,53?,54-/m1/s1. The average molecular weight is 1220 g/mol. The maximum absolute atomic E-state index is 15.1. The topological polar surface area (TPSA) is 264 Å². The summed E-state index contributed by atoms with van der Waals surface area (Å²) in [6.45, 7) is 31.2. The highest BCUT2D eigenvalue weighted by atomic mass is 16.7. The predicted octanol–water partition coefficient (Wildman–Crippen LogP) is 5.36. The van der Waals surface area contributed by atoms with E-state index in [-0.39, 0.29) is 62.2 Å². The van der Waals surface area contributed by atoms with Crippen LogP contribution in [0.25, 0.3) is 0 Å². The van der Waals surface area contributed by atoms with E-state index in [4.69, 9.17) is 4.84 Å². The number of carbonyl (C=O) groups is 11. The number of hydrogen-bond donors (Lipinski definition) is 3. The zero-order valence-electron chi connectivity index (χ0n) is 56.9. The third kappa shape index (κ3) is 19.0. The van der Waals surface area contributed by atoms with Gasteiger partial charge in [-0.25, -0.2) is 5.06 Å². The Bertz CT molecular complexity index is 2380. The van der Waals surface area contributed by atoms with Gasteiger partial charge in [0.2, 0.25) is 47.3 Å². The molecule has 22 heteroatoms. The van der Waals surface area contributed by atoms with Gasteiger partial charge in [0.05, 0.1) is 18.7 Å². The average Bonchev–Trinajstić information content (AvgIpc) is 1.17. The number of rotatable bonds is 15. The van der Waals surface area contributed by atoms with Crippen molar-refractivity contribution in [3.8, 4) is 0 Å². The van der Waals surface area contributed by atoms with E-state index in [1.54, 1.807) is 55.4 Å². The normalized spacial score (nSPS) is 28.8. The minimum atomic E-state index is -1.31. The summed E-state index contributed by atoms with van der Waals surface area (Å²) in [6.07, 6.45) is 1.44. The van der Waals surface area contributed by atoms with Gasteiger partial charge in [-0.3, -0.25) is 57.6 Å². The monoisotopic (exact) mass is 1220 g/mol. The molecule has 2 saturated heterocycles. The molecule has 0 aromatic carbocycles. The minimum Gasteiger partial charge on any atom is -0.396 e. The molecule has 1 unspecified atom stereocenters. The van der Waals surface area contributed by atoms with Crippen LogP contribution in [0.15, 0.2) is 0 Å². The summed E-state index contributed by atoms with van der Waals surface area (Å²) >= 11 is 0. The fourth-order valence-corrected chi connectivity index (χ4v) is 12.0. The van der Waals surface area contributed by atoms with E-state index in [1.165, 1.54) is 85.5 Å². The Morgan fingerprint density at radius 2 is 1.03 bits per heavy atom. The lowest BCUT2D eigenvalue weighted by molar-refractivity contribution is -0.322. The summed E-state index contributed by atoms with van der Waals surface area (Å²) < 4.78 is 0. The molecule has 492 valence electrons. The number of nitrogens with one attached hydrogen (secondary N) is 2. The molecule has 86 heavy (non-hydrogen) atoms. The van der Waals surface area contributed by atoms with Gasteiger partial charge in [-0.05, 0) is 81.5 Å². The molecule has 0 aromatic rings. The summed E-state index contributed by atoms with van der Waals surface area (Å²) in [6, 6.07) is -10.7. The molecular weight excluding hydrogens is 1100 g/mol. The SMILES string of the molecule is CCCC[C@@H](C)C1ON2C(=O)[C@H](C(C)C)N(C)C(=O)[C@H](CC(C)C)N(C)C(=O)[C@H](CC(C)C)N(C)C(=O)[C@@H](C)NC(=O)[C@H](C)CC(=O)[C@H](CC(C)C)N(C)C(=O)[C@H](C(C)C)CC(=O)[C@H](C(C)(C)CO)N(C)C(=O)[C@@H](C)N(C)C(=O)[C@H](CC)NC(=O)[C@H]12. The number of hydrogen-bond acceptors (Lipinski definition) is 13. The smallest absolute Gasteiger partial charge is 0.270 e. The van der Waals surface area contributed by atoms with Crippen LogP contribution in [-0.2, 0) is 57.6 Å². The van der Waals surface area contributed by atoms with Gasteiger partial charge in [-0.1, -0.05) is 124 Å². The number of hydroxylamine groups is 2. The van der Waals surface area contributed by atoms with Gasteiger partial charge >= 0.3 is 0 Å². The third-order valence-electron chi connectivity index (χ3n) is 17.7. The molecule has 0 saturated carbocycles. The molecule has 2 heterocycles. The number of Topliss-reactive ketones (excluding diaryl/α,β-unsaturated/α-hetero) is 2. The van der Waals surface area contributed by atoms with Crippen LogP contribution in [0.2, 0.25) is 0 Å². The number of unbranched alkanes of at least 4 members (excludes halogenated alkanes) is 1. The quantitative estimate of drug-likeness (QED) is 0.187. The fourth-order valence-electron chi connectivity index (χ4n) is 12.0. The number of aliphatic hydroxyl groups excluding tert-OH is 1. The number of amides is 9. The second-order valence-electron chi connectivity index (χ2n) is 27.6. The van der Waals surface area contributed by atoms with Crippen molar-refractivity contribution in [2.24, 2.45) is 52.8 Å². The molecule has 0 aliphatic carbocycles. The van der Waals surface area contributed by atoms with E-state index >= 15 is 9.59 Å². The molecule has 22 nitrogen and oxygen atoms in total. The summed E-state index contributed by atoms with van der Waals surface area (Å²) in [5, 5.41) is 17.3. The second-order valence-corrected chi connectivity index (χ2v) is 27.6. The molecule has 2 aliphatic heterocycles. The highest BCUT2D eigenvalue weighted by Gasteiger charge is 2.55. The van der Waals surface area contributed by atoms with E-state index in [9.17, 15) is 48.3 Å². The Kier molecular flexibility index (Phi) is 29.5. The van der Waals surface area contributed by atoms with Gasteiger partial charge in [0.1, 0.15) is 42.4 Å². The molecule has 0 radical (unpaired) electrons. The Morgan fingerprint density at radius 1 is 0.547 bits per heavy atom. The fraction of sp³-hybridized carbons (Fsp3) is 0.828. The largest absolute Gasteiger partial charge is 0.396 e. The van der Waals surface area contributed by atoms with E-state index < -0.39 is 161 Å². The van der Waals surface area contributed by atoms with Crippen molar-refractivity contribution < 1.29 is 62.7 Å². The maximum atomic E-state index is 15.1. The third-order valence-corrected chi connectivity index (χ3v) is 17.7. The number of nitrogens with zero attached hydrogens (tertiary/aromatic N) is 7. The number of likely N-dealkylation sites (N-methyl/N-ethyl adjacent to an activating group) is 6. The van der Waals surface area contributed by atoms with Crippen molar-refractivity contribution in [1.29, 1.82) is 0 Å². The minimum absolute atomic E-state index is 0.0644. The first-order chi connectivity index (χ1) is 39.7. The molecule has 3 N–H and O–H groups in total. The highest BCUT2D eigenvalue weighted by Crippen LogP contribution is 2.35. The van der Waals surface area contributed by atoms with E-state index in [0.29, 0.717) is 6.42 Å². The van der Waals surface area contributed by atoms with Crippen LogP contribution in [0.1, 0.15) is 182 Å². The molecule has 0 spiro atoms. The Balaban J connectivity index is 2.98. The number of fused-ring (bicyclic) bond motifs is 1. The first-order valence-electron chi connectivity index (χ1n) is 31.6. The Hall–Kier alpha value is -5.51. The zero-order chi connectivity index (χ0) is 66.5. The van der Waals surface area contributed by atoms with Crippen molar-refractivity contribution in [2.45, 2.75) is 243 Å². The Morgan fingerprint density at radius 3 is 1.50 bits per heavy atom. The molecule has 9 amide bonds. The highest BCUT2D eigenvalue weighted by molar-refractivity contribution is 6.00. The zero-order valence-corrected chi connectivity index (χ0v) is 56.9. The predicted molar refractivity (Wildman–Crippen MR) is 330 cm³/mol. The van der Waals surface area contributed by atoms with Gasteiger partial charge in [0.25, 0.3) is 5.91 Å². The van der Waals surface area contributed by atoms with Gasteiger partial charge < -0.3 is 45.1 Å². The van der Waals surface area contributed by atoms with E-state index in [1.807, 2.05) is 55.4 Å². The lowest BCUT2D eigenvalue weighted by Crippen LogP contribution is -2.72. The van der Waals surface area contributed by atoms with Crippen molar-refractivity contribution in [3.63, 3.8) is 0 Å². The molecule has 2 fully saturated rings. The van der Waals surface area contributed by atoms with E-state index in [2.05, 4.69) is 10.6 Å². The van der Waals surface area contributed by atoms with Crippen LogP contribution in [0.5, 0.6) is 0 Å². The molecule has 13 atom stereocenters. The molecular formula is C64H113N9O13. The van der Waals surface area contributed by atoms with Crippen molar-refractivity contribution in [2.75, 3.05) is 48.9 Å². The van der Waals surface area contributed by atoms with Gasteiger partial charge in [0.15, 0.2) is 17.6 Å². The summed E-state index contributed by atoms with van der Waals surface area (Å²) in [4.78, 5) is 175. The first kappa shape index (κ1) is 76.6. The van der Waals surface area contributed by atoms with Gasteiger partial charge in [-0.2, -0.15) is 0 Å². The molecule has 2 aliphatic rings. The van der Waals surface area contributed by atoms with Gasteiger partial charge in [-0.15, -0.1) is 0 Å². The molecule has 0 aromatic heterocycles. The van der Waals surface area contributed by atoms with Crippen LogP contribution < -0.4 is 10.6 Å². The lowest BCUT2D eigenvalue weighted by atomic mass is 9.77. The number of carbonyl (C=O) groups excluding carboxylic acids is 11. The summed E-state index contributed by atoms with van der Waals surface area (Å²) in [5.74, 6) is -10.1. The lowest BCUT2D eigenvalue weighted by Gasteiger charge is -2.50. The number of aliphatic hydroxyl groups is 1. The van der Waals surface area contributed by atoms with Crippen molar-refractivity contribution >= 4 is 64.7 Å². The second kappa shape index (κ2) is 33.2. The Labute approximate surface area is 515 Å². The maximum Gasteiger partial charge on any atom is 0.270 e. The number of ketones is 2. The van der Waals surface area contributed by atoms with Crippen molar-refractivity contribution in [3.05, 3.63) is 0 Å². The first-order valence-corrected chi connectivity index (χ1v) is 31.6. The van der Waals surface area contributed by atoms with Crippen LogP contribution in [-0.4, -0.2) is 214 Å². The summed E-state index contributed by atoms with van der Waals surface area (Å²) in [5.41, 5.74) is -1.27. The van der Waals surface area contributed by atoms with Crippen LogP contribution in [0.3, 0.4) is 0 Å². The van der Waals surface area contributed by atoms with E-state index in [0.717, 1.165) is 17.9 Å².